The molecule has 0 aromatic heterocycles. The molecule has 0 spiro atoms. The Balaban J connectivity index is 1.37. The highest BCUT2D eigenvalue weighted by Crippen LogP contribution is 2.31. The van der Waals surface area contributed by atoms with Crippen LogP contribution in [0.1, 0.15) is 10.4 Å². The molecule has 3 aromatic rings. The molecule has 0 unspecified atom stereocenters. The molecule has 2 heterocycles. The number of benzene rings is 3. The van der Waals surface area contributed by atoms with Gasteiger partial charge in [0.2, 0.25) is 11.8 Å². The number of nitrogens with zero attached hydrogens (tertiary/aromatic N) is 2. The van der Waals surface area contributed by atoms with Gasteiger partial charge in [-0.1, -0.05) is 42.5 Å². The number of amides is 3. The molecular formula is C26H22FN3O5S. The van der Waals surface area contributed by atoms with E-state index in [4.69, 9.17) is 0 Å². The van der Waals surface area contributed by atoms with E-state index in [0.717, 1.165) is 0 Å². The second-order valence-electron chi connectivity index (χ2n) is 8.66. The Morgan fingerprint density at radius 3 is 2.42 bits per heavy atom. The Morgan fingerprint density at radius 1 is 0.944 bits per heavy atom. The molecule has 1 fully saturated rings. The topological polar surface area (TPSA) is 104 Å². The van der Waals surface area contributed by atoms with Crippen LogP contribution in [0, 0.1) is 5.82 Å². The number of nitrogens with one attached hydrogen (secondary N) is 1. The summed E-state index contributed by atoms with van der Waals surface area (Å²) < 4.78 is 39.6. The minimum absolute atomic E-state index is 0.0421. The van der Waals surface area contributed by atoms with E-state index in [1.807, 2.05) is 0 Å². The van der Waals surface area contributed by atoms with Gasteiger partial charge in [-0.05, 0) is 35.9 Å². The van der Waals surface area contributed by atoms with Crippen LogP contribution >= 0.6 is 0 Å². The zero-order valence-corrected chi connectivity index (χ0v) is 19.9. The van der Waals surface area contributed by atoms with Gasteiger partial charge in [0.05, 0.1) is 22.7 Å². The van der Waals surface area contributed by atoms with Crippen molar-refractivity contribution < 1.29 is 27.2 Å². The highest BCUT2D eigenvalue weighted by Gasteiger charge is 2.41. The fraction of sp³-hybridized carbons (Fsp3) is 0.192. The second-order valence-corrected chi connectivity index (χ2v) is 10.6. The first kappa shape index (κ1) is 23.7. The van der Waals surface area contributed by atoms with Crippen LogP contribution in [0.4, 0.5) is 10.1 Å². The van der Waals surface area contributed by atoms with E-state index in [1.165, 1.54) is 28.0 Å². The number of fused-ring (bicyclic) bond motifs is 2. The van der Waals surface area contributed by atoms with Gasteiger partial charge in [-0.15, -0.1) is 0 Å². The molecule has 5 rings (SSSR count). The van der Waals surface area contributed by atoms with E-state index >= 15 is 0 Å². The van der Waals surface area contributed by atoms with E-state index in [0.29, 0.717) is 16.8 Å². The van der Waals surface area contributed by atoms with E-state index < -0.39 is 45.2 Å². The summed E-state index contributed by atoms with van der Waals surface area (Å²) in [6, 6.07) is 17.6. The Kier molecular flexibility index (Phi) is 6.05. The third kappa shape index (κ3) is 4.35. The van der Waals surface area contributed by atoms with Gasteiger partial charge in [0, 0.05) is 18.7 Å². The van der Waals surface area contributed by atoms with Crippen molar-refractivity contribution in [3.05, 3.63) is 84.2 Å². The first-order valence-electron chi connectivity index (χ1n) is 11.3. The van der Waals surface area contributed by atoms with Crippen LogP contribution in [0.5, 0.6) is 0 Å². The summed E-state index contributed by atoms with van der Waals surface area (Å²) in [6.07, 6.45) is 0. The lowest BCUT2D eigenvalue weighted by Gasteiger charge is -2.39. The Bertz CT molecular complexity index is 1480. The van der Waals surface area contributed by atoms with Crippen molar-refractivity contribution in [3.8, 4) is 11.1 Å². The molecular weight excluding hydrogens is 485 g/mol. The molecule has 0 aliphatic carbocycles. The Morgan fingerprint density at radius 2 is 1.67 bits per heavy atom. The van der Waals surface area contributed by atoms with Crippen LogP contribution in [-0.4, -0.2) is 67.4 Å². The van der Waals surface area contributed by atoms with Crippen LogP contribution in [-0.2, 0) is 19.4 Å². The smallest absolute Gasteiger partial charge is 0.256 e. The maximum absolute atomic E-state index is 14.3. The van der Waals surface area contributed by atoms with Crippen molar-refractivity contribution >= 4 is 33.2 Å². The van der Waals surface area contributed by atoms with E-state index in [1.54, 1.807) is 54.6 Å². The molecule has 2 aliphatic rings. The summed E-state index contributed by atoms with van der Waals surface area (Å²) in [7, 11) is -3.85. The van der Waals surface area contributed by atoms with Crippen molar-refractivity contribution in [2.75, 3.05) is 30.7 Å². The third-order valence-electron chi connectivity index (χ3n) is 6.41. The number of hydrogen-bond acceptors (Lipinski definition) is 5. The van der Waals surface area contributed by atoms with Gasteiger partial charge in [-0.3, -0.25) is 14.4 Å². The lowest BCUT2D eigenvalue weighted by atomic mass is 10.0. The number of rotatable bonds is 4. The predicted octanol–water partition coefficient (Wildman–Crippen LogP) is 2.57. The normalized spacial score (nSPS) is 17.6. The highest BCUT2D eigenvalue weighted by atomic mass is 32.2. The van der Waals surface area contributed by atoms with Gasteiger partial charge in [-0.2, -0.15) is 0 Å². The van der Waals surface area contributed by atoms with Crippen LogP contribution in [0.25, 0.3) is 11.1 Å². The molecule has 1 N–H and O–H groups in total. The minimum atomic E-state index is -3.85. The van der Waals surface area contributed by atoms with Crippen molar-refractivity contribution in [2.45, 2.75) is 10.9 Å². The molecule has 184 valence electrons. The van der Waals surface area contributed by atoms with Gasteiger partial charge in [0.1, 0.15) is 17.6 Å². The fourth-order valence-electron chi connectivity index (χ4n) is 4.51. The van der Waals surface area contributed by atoms with Gasteiger partial charge < -0.3 is 15.1 Å². The van der Waals surface area contributed by atoms with Gasteiger partial charge >= 0.3 is 0 Å². The Hall–Kier alpha value is -4.05. The fourth-order valence-corrected chi connectivity index (χ4v) is 5.75. The highest BCUT2D eigenvalue weighted by molar-refractivity contribution is 7.92. The standard InChI is InChI=1S/C26H22FN3O5S/c27-21-9-5-4-8-19(21)17-10-11-22-20(14-17)26(33)30-13-12-29(15-23(30)25(32)28-22)24(31)16-36(34,35)18-6-2-1-3-7-18/h1-11,14,23H,12-13,15-16H2,(H,28,32)/t23-/m0/s1. The number of sulfone groups is 1. The van der Waals surface area contributed by atoms with Gasteiger partial charge in [0.25, 0.3) is 5.91 Å². The summed E-state index contributed by atoms with van der Waals surface area (Å²) in [4.78, 5) is 42.0. The minimum Gasteiger partial charge on any atom is -0.337 e. The molecule has 36 heavy (non-hydrogen) atoms. The van der Waals surface area contributed by atoms with Crippen LogP contribution in [0.3, 0.4) is 0 Å². The summed E-state index contributed by atoms with van der Waals surface area (Å²) in [5.41, 5.74) is 1.34. The zero-order valence-electron chi connectivity index (χ0n) is 19.1. The summed E-state index contributed by atoms with van der Waals surface area (Å²) in [6.45, 7) is 0.00723. The summed E-state index contributed by atoms with van der Waals surface area (Å²) in [5, 5.41) is 2.73. The molecule has 8 nitrogen and oxygen atoms in total. The van der Waals surface area contributed by atoms with Crippen molar-refractivity contribution in [3.63, 3.8) is 0 Å². The van der Waals surface area contributed by atoms with E-state index in [-0.39, 0.29) is 30.1 Å². The zero-order chi connectivity index (χ0) is 25.4. The van der Waals surface area contributed by atoms with Gasteiger partial charge in [-0.25, -0.2) is 12.8 Å². The largest absolute Gasteiger partial charge is 0.337 e. The number of anilines is 1. The average Bonchev–Trinajstić information content (AvgIpc) is 2.98. The second kappa shape index (κ2) is 9.19. The van der Waals surface area contributed by atoms with Crippen LogP contribution in [0.2, 0.25) is 0 Å². The van der Waals surface area contributed by atoms with Crippen LogP contribution in [0.15, 0.2) is 77.7 Å². The number of carbonyl (C=O) groups excluding carboxylic acids is 3. The molecule has 3 amide bonds. The van der Waals surface area contributed by atoms with Crippen molar-refractivity contribution in [2.24, 2.45) is 0 Å². The van der Waals surface area contributed by atoms with Crippen LogP contribution < -0.4 is 5.32 Å². The SMILES string of the molecule is O=C1Nc2ccc(-c3ccccc3F)cc2C(=O)N2CCN(C(=O)CS(=O)(=O)c3ccccc3)C[C@@H]12. The summed E-state index contributed by atoms with van der Waals surface area (Å²) in [5.74, 6) is -2.70. The lowest BCUT2D eigenvalue weighted by Crippen LogP contribution is -2.60. The molecule has 0 bridgehead atoms. The molecule has 10 heteroatoms. The monoisotopic (exact) mass is 507 g/mol. The predicted molar refractivity (Wildman–Crippen MR) is 130 cm³/mol. The molecule has 0 radical (unpaired) electrons. The quantitative estimate of drug-likeness (QED) is 0.585. The molecule has 0 saturated carbocycles. The van der Waals surface area contributed by atoms with Crippen molar-refractivity contribution in [1.29, 1.82) is 0 Å². The Labute approximate surface area is 207 Å². The lowest BCUT2D eigenvalue weighted by molar-refractivity contribution is -0.133. The first-order chi connectivity index (χ1) is 17.2. The average molecular weight is 508 g/mol. The van der Waals surface area contributed by atoms with Crippen molar-refractivity contribution in [1.82, 2.24) is 9.80 Å². The number of piperazine rings is 1. The summed E-state index contributed by atoms with van der Waals surface area (Å²) >= 11 is 0. The molecule has 1 saturated heterocycles. The van der Waals surface area contributed by atoms with E-state index in [9.17, 15) is 27.2 Å². The maximum atomic E-state index is 14.3. The number of carbonyl (C=O) groups is 3. The number of halogens is 1. The maximum Gasteiger partial charge on any atom is 0.256 e. The first-order valence-corrected chi connectivity index (χ1v) is 13.0. The number of hydrogen-bond donors (Lipinski definition) is 1. The molecule has 2 aliphatic heterocycles. The third-order valence-corrected chi connectivity index (χ3v) is 8.02. The van der Waals surface area contributed by atoms with Gasteiger partial charge in [0.15, 0.2) is 9.84 Å². The molecule has 1 atom stereocenters. The van der Waals surface area contributed by atoms with E-state index in [2.05, 4.69) is 5.32 Å². The molecule has 3 aromatic carbocycles.